The van der Waals surface area contributed by atoms with E-state index in [0.29, 0.717) is 12.0 Å². The summed E-state index contributed by atoms with van der Waals surface area (Å²) in [7, 11) is 4.14. The lowest BCUT2D eigenvalue weighted by Gasteiger charge is -2.41. The van der Waals surface area contributed by atoms with Crippen molar-refractivity contribution in [1.29, 1.82) is 0 Å². The smallest absolute Gasteiger partial charge is 0.260 e. The molecular weight excluding hydrogens is 288 g/mol. The van der Waals surface area contributed by atoms with Crippen molar-refractivity contribution < 1.29 is 9.53 Å². The molecule has 23 heavy (non-hydrogen) atoms. The lowest BCUT2D eigenvalue weighted by Crippen LogP contribution is -2.51. The molecule has 0 radical (unpaired) electrons. The minimum absolute atomic E-state index is 0.0972. The van der Waals surface area contributed by atoms with Crippen molar-refractivity contribution in [3.63, 3.8) is 0 Å². The molecule has 0 unspecified atom stereocenters. The van der Waals surface area contributed by atoms with Crippen LogP contribution in [0.4, 0.5) is 0 Å². The van der Waals surface area contributed by atoms with Crippen molar-refractivity contribution in [3.8, 4) is 5.75 Å². The van der Waals surface area contributed by atoms with E-state index in [1.165, 1.54) is 24.8 Å². The lowest BCUT2D eigenvalue weighted by atomic mass is 9.86. The van der Waals surface area contributed by atoms with Crippen LogP contribution < -0.4 is 4.74 Å². The van der Waals surface area contributed by atoms with Gasteiger partial charge in [-0.15, -0.1) is 0 Å². The van der Waals surface area contributed by atoms with Gasteiger partial charge in [-0.1, -0.05) is 24.6 Å². The first kappa shape index (κ1) is 16.3. The van der Waals surface area contributed by atoms with Crippen molar-refractivity contribution in [1.82, 2.24) is 9.80 Å². The molecule has 126 valence electrons. The molecule has 1 fully saturated rings. The summed E-state index contributed by atoms with van der Waals surface area (Å²) in [5.41, 5.74) is 1.22. The number of ether oxygens (including phenoxy) is 1. The molecular formula is C19H28N2O2. The van der Waals surface area contributed by atoms with Crippen molar-refractivity contribution in [2.75, 3.05) is 33.8 Å². The molecule has 1 amide bonds. The first-order chi connectivity index (χ1) is 11.1. The third-order valence-electron chi connectivity index (χ3n) is 5.38. The number of likely N-dealkylation sites (N-methyl/N-ethyl adjacent to an activating group) is 1. The van der Waals surface area contributed by atoms with E-state index in [1.807, 2.05) is 30.1 Å². The highest BCUT2D eigenvalue weighted by atomic mass is 16.5. The molecule has 4 heteroatoms. The van der Waals surface area contributed by atoms with Gasteiger partial charge in [0.05, 0.1) is 0 Å². The number of fused-ring (bicyclic) bond motifs is 2. The third-order valence-corrected chi connectivity index (χ3v) is 5.38. The van der Waals surface area contributed by atoms with Gasteiger partial charge < -0.3 is 14.5 Å². The van der Waals surface area contributed by atoms with E-state index in [1.54, 1.807) is 0 Å². The Balaban J connectivity index is 1.78. The minimum Gasteiger partial charge on any atom is -0.483 e. The van der Waals surface area contributed by atoms with Gasteiger partial charge in [0.2, 0.25) is 0 Å². The third kappa shape index (κ3) is 3.86. The van der Waals surface area contributed by atoms with Gasteiger partial charge in [0.25, 0.3) is 5.91 Å². The van der Waals surface area contributed by atoms with Gasteiger partial charge >= 0.3 is 0 Å². The van der Waals surface area contributed by atoms with E-state index in [4.69, 9.17) is 4.74 Å². The molecule has 3 rings (SSSR count). The number of amides is 1. The van der Waals surface area contributed by atoms with Gasteiger partial charge in [-0.25, -0.2) is 0 Å². The Kier molecular flexibility index (Phi) is 5.21. The zero-order valence-corrected chi connectivity index (χ0v) is 14.3. The van der Waals surface area contributed by atoms with Crippen LogP contribution in [0.15, 0.2) is 24.3 Å². The maximum absolute atomic E-state index is 12.6. The highest BCUT2D eigenvalue weighted by molar-refractivity contribution is 5.78. The van der Waals surface area contributed by atoms with Crippen LogP contribution in [0.5, 0.6) is 5.75 Å². The maximum atomic E-state index is 12.6. The number of benzene rings is 1. The number of rotatable bonds is 0. The van der Waals surface area contributed by atoms with Gasteiger partial charge in [-0.2, -0.15) is 0 Å². The quantitative estimate of drug-likeness (QED) is 0.737. The van der Waals surface area contributed by atoms with E-state index >= 15 is 0 Å². The number of nitrogens with zero attached hydrogens (tertiary/aromatic N) is 2. The van der Waals surface area contributed by atoms with Gasteiger partial charge in [-0.3, -0.25) is 4.79 Å². The minimum atomic E-state index is 0.0972. The van der Waals surface area contributed by atoms with E-state index in [2.05, 4.69) is 18.0 Å². The fourth-order valence-corrected chi connectivity index (χ4v) is 3.99. The van der Waals surface area contributed by atoms with Crippen LogP contribution in [0.25, 0.3) is 0 Å². The number of hydrogen-bond acceptors (Lipinski definition) is 3. The van der Waals surface area contributed by atoms with Crippen LogP contribution >= 0.6 is 0 Å². The second kappa shape index (κ2) is 7.35. The zero-order chi connectivity index (χ0) is 16.2. The van der Waals surface area contributed by atoms with Gasteiger partial charge in [-0.05, 0) is 56.8 Å². The molecule has 0 aromatic heterocycles. The second-order valence-electron chi connectivity index (χ2n) is 7.03. The van der Waals surface area contributed by atoms with Crippen molar-refractivity contribution in [2.45, 2.75) is 38.1 Å². The molecule has 2 heterocycles. The first-order valence-electron chi connectivity index (χ1n) is 8.80. The number of aryl methyl sites for hydroxylation is 1. The average molecular weight is 316 g/mol. The van der Waals surface area contributed by atoms with Crippen molar-refractivity contribution >= 4 is 5.91 Å². The number of piperidine rings is 1. The molecule has 0 bridgehead atoms. The first-order valence-corrected chi connectivity index (χ1v) is 8.80. The van der Waals surface area contributed by atoms with Gasteiger partial charge in [0, 0.05) is 19.6 Å². The van der Waals surface area contributed by atoms with E-state index in [-0.39, 0.29) is 12.5 Å². The Labute approximate surface area is 139 Å². The summed E-state index contributed by atoms with van der Waals surface area (Å²) in [6, 6.07) is 8.48. The largest absolute Gasteiger partial charge is 0.483 e. The van der Waals surface area contributed by atoms with Crippen LogP contribution in [0.3, 0.4) is 0 Å². The molecule has 0 aliphatic carbocycles. The molecule has 1 saturated heterocycles. The molecule has 1 aromatic rings. The van der Waals surface area contributed by atoms with Crippen LogP contribution in [-0.4, -0.2) is 55.5 Å². The monoisotopic (exact) mass is 316 g/mol. The maximum Gasteiger partial charge on any atom is 0.260 e. The van der Waals surface area contributed by atoms with Crippen LogP contribution in [0, 0.1) is 5.92 Å². The highest BCUT2D eigenvalue weighted by Crippen LogP contribution is 2.28. The van der Waals surface area contributed by atoms with Crippen LogP contribution in [0.1, 0.15) is 31.2 Å². The fraction of sp³-hybridized carbons (Fsp3) is 0.632. The highest BCUT2D eigenvalue weighted by Gasteiger charge is 2.32. The molecule has 0 saturated carbocycles. The summed E-state index contributed by atoms with van der Waals surface area (Å²) < 4.78 is 5.84. The second-order valence-corrected chi connectivity index (χ2v) is 7.03. The normalized spacial score (nSPS) is 27.2. The lowest BCUT2D eigenvalue weighted by molar-refractivity contribution is -0.136. The van der Waals surface area contributed by atoms with E-state index in [0.717, 1.165) is 31.7 Å². The van der Waals surface area contributed by atoms with Crippen LogP contribution in [-0.2, 0) is 11.2 Å². The standard InChI is InChI=1S/C19H28N2O2/c1-20-12-11-17-16(13-20)9-4-3-7-15-8-5-6-10-18(15)23-14-19(22)21(17)2/h5-6,8,10,16-17H,3-4,7,9,11-14H2,1-2H3/t16-,17+/m0/s1. The van der Waals surface area contributed by atoms with Crippen LogP contribution in [0.2, 0.25) is 0 Å². The summed E-state index contributed by atoms with van der Waals surface area (Å²) in [5, 5.41) is 0. The Bertz CT molecular complexity index is 546. The predicted molar refractivity (Wildman–Crippen MR) is 91.7 cm³/mol. The van der Waals surface area contributed by atoms with Crippen molar-refractivity contribution in [3.05, 3.63) is 29.8 Å². The summed E-state index contributed by atoms with van der Waals surface area (Å²) in [6.45, 7) is 2.31. The number of para-hydroxylation sites is 1. The van der Waals surface area contributed by atoms with Gasteiger partial charge in [0.1, 0.15) is 5.75 Å². The molecule has 4 nitrogen and oxygen atoms in total. The Morgan fingerprint density at radius 2 is 1.96 bits per heavy atom. The number of hydrogen-bond donors (Lipinski definition) is 0. The Morgan fingerprint density at radius 3 is 2.83 bits per heavy atom. The zero-order valence-electron chi connectivity index (χ0n) is 14.3. The van der Waals surface area contributed by atoms with Crippen molar-refractivity contribution in [2.24, 2.45) is 5.92 Å². The molecule has 2 atom stereocenters. The Hall–Kier alpha value is -1.55. The summed E-state index contributed by atoms with van der Waals surface area (Å²) in [6.07, 6.45) is 5.71. The number of carbonyl (C=O) groups is 1. The van der Waals surface area contributed by atoms with E-state index in [9.17, 15) is 4.79 Å². The number of carbonyl (C=O) groups excluding carboxylic acids is 1. The molecule has 2 aliphatic rings. The molecule has 0 spiro atoms. The fourth-order valence-electron chi connectivity index (χ4n) is 3.99. The molecule has 0 N–H and O–H groups in total. The molecule has 1 aromatic carbocycles. The predicted octanol–water partition coefficient (Wildman–Crippen LogP) is 2.57. The number of likely N-dealkylation sites (tertiary alicyclic amines) is 1. The van der Waals surface area contributed by atoms with Gasteiger partial charge in [0.15, 0.2) is 6.61 Å². The average Bonchev–Trinajstić information content (AvgIpc) is 2.56. The topological polar surface area (TPSA) is 32.8 Å². The molecule has 2 aliphatic heterocycles. The van der Waals surface area contributed by atoms with E-state index < -0.39 is 0 Å². The summed E-state index contributed by atoms with van der Waals surface area (Å²) >= 11 is 0. The summed E-state index contributed by atoms with van der Waals surface area (Å²) in [4.78, 5) is 16.9. The Morgan fingerprint density at radius 1 is 1.13 bits per heavy atom. The summed E-state index contributed by atoms with van der Waals surface area (Å²) in [5.74, 6) is 1.55. The SMILES string of the molecule is CN1CC[C@@H]2[C@@H](CCCCc3ccccc3OCC(=O)N2C)C1.